The number of carbonyl (C=O) groups is 1. The van der Waals surface area contributed by atoms with E-state index in [1.807, 2.05) is 74.5 Å². The summed E-state index contributed by atoms with van der Waals surface area (Å²) >= 11 is 0. The number of ether oxygens (including phenoxy) is 1. The van der Waals surface area contributed by atoms with Crippen LogP contribution in [-0.4, -0.2) is 40.3 Å². The van der Waals surface area contributed by atoms with Crippen LogP contribution in [0.3, 0.4) is 0 Å². The van der Waals surface area contributed by atoms with Gasteiger partial charge in [-0.05, 0) is 36.4 Å². The van der Waals surface area contributed by atoms with Gasteiger partial charge in [0.1, 0.15) is 18.9 Å². The van der Waals surface area contributed by atoms with Crippen LogP contribution in [0.25, 0.3) is 10.8 Å². The van der Waals surface area contributed by atoms with E-state index in [0.29, 0.717) is 5.69 Å². The number of fused-ring (bicyclic) bond motifs is 1. The van der Waals surface area contributed by atoms with E-state index in [0.717, 1.165) is 38.2 Å². The Kier molecular flexibility index (Phi) is 6.62. The normalized spacial score (nSPS) is 11.3. The monoisotopic (exact) mass is 426 g/mol. The molecular formula is C23H26N2O4S. The van der Waals surface area contributed by atoms with E-state index >= 15 is 0 Å². The first-order valence-electron chi connectivity index (χ1n) is 9.68. The number of para-hydroxylation sites is 1. The first-order valence-corrected chi connectivity index (χ1v) is 11.5. The van der Waals surface area contributed by atoms with Crippen molar-refractivity contribution >= 4 is 32.4 Å². The van der Waals surface area contributed by atoms with Gasteiger partial charge in [-0.2, -0.15) is 0 Å². The van der Waals surface area contributed by atoms with Gasteiger partial charge in [-0.15, -0.1) is 0 Å². The lowest BCUT2D eigenvalue weighted by Gasteiger charge is -2.25. The molecule has 0 spiro atoms. The number of carbonyl (C=O) groups excluding carboxylic acids is 1. The van der Waals surface area contributed by atoms with Gasteiger partial charge in [0.05, 0.1) is 18.5 Å². The van der Waals surface area contributed by atoms with E-state index in [-0.39, 0.29) is 25.6 Å². The number of amides is 1. The maximum absolute atomic E-state index is 12.4. The van der Waals surface area contributed by atoms with Crippen molar-refractivity contribution in [2.45, 2.75) is 13.8 Å². The van der Waals surface area contributed by atoms with E-state index in [1.54, 1.807) is 0 Å². The number of nitrogens with zero attached hydrogens (tertiary/aromatic N) is 1. The summed E-state index contributed by atoms with van der Waals surface area (Å²) in [5.74, 6) is 0.361. The van der Waals surface area contributed by atoms with Gasteiger partial charge in [0.15, 0.2) is 0 Å². The summed E-state index contributed by atoms with van der Waals surface area (Å²) < 4.78 is 31.6. The number of benzene rings is 3. The highest BCUT2D eigenvalue weighted by Gasteiger charge is 2.23. The molecule has 0 heterocycles. The van der Waals surface area contributed by atoms with Crippen LogP contribution in [0.15, 0.2) is 60.7 Å². The molecule has 158 valence electrons. The Morgan fingerprint density at radius 2 is 1.60 bits per heavy atom. The number of hydrogen-bond donors (Lipinski definition) is 1. The number of rotatable bonds is 8. The Morgan fingerprint density at radius 3 is 2.30 bits per heavy atom. The average molecular weight is 427 g/mol. The third-order valence-electron chi connectivity index (χ3n) is 4.81. The van der Waals surface area contributed by atoms with Gasteiger partial charge in [-0.1, -0.05) is 54.6 Å². The van der Waals surface area contributed by atoms with E-state index in [2.05, 4.69) is 5.32 Å². The van der Waals surface area contributed by atoms with Crippen molar-refractivity contribution < 1.29 is 17.9 Å². The van der Waals surface area contributed by atoms with Crippen molar-refractivity contribution in [3.63, 3.8) is 0 Å². The molecule has 1 N–H and O–H groups in total. The van der Waals surface area contributed by atoms with E-state index < -0.39 is 10.0 Å². The zero-order chi connectivity index (χ0) is 21.7. The van der Waals surface area contributed by atoms with Crippen LogP contribution in [0.1, 0.15) is 11.1 Å². The Bertz CT molecular complexity index is 1130. The second kappa shape index (κ2) is 9.17. The number of hydrogen-bond acceptors (Lipinski definition) is 4. The second-order valence-electron chi connectivity index (χ2n) is 7.19. The molecule has 3 aromatic carbocycles. The highest BCUT2D eigenvalue weighted by molar-refractivity contribution is 7.92. The quantitative estimate of drug-likeness (QED) is 0.560. The maximum Gasteiger partial charge on any atom is 0.240 e. The van der Waals surface area contributed by atoms with Crippen molar-refractivity contribution in [1.29, 1.82) is 0 Å². The lowest BCUT2D eigenvalue weighted by atomic mass is 10.1. The van der Waals surface area contributed by atoms with Crippen LogP contribution in [-0.2, 0) is 14.8 Å². The molecule has 0 saturated carbocycles. The van der Waals surface area contributed by atoms with Crippen molar-refractivity contribution in [1.82, 2.24) is 5.32 Å². The molecule has 0 aliphatic carbocycles. The highest BCUT2D eigenvalue weighted by atomic mass is 32.2. The molecule has 0 atom stereocenters. The zero-order valence-corrected chi connectivity index (χ0v) is 18.2. The summed E-state index contributed by atoms with van der Waals surface area (Å²) in [6.07, 6.45) is 1.11. The molecule has 1 amide bonds. The first-order chi connectivity index (χ1) is 14.3. The Labute approximate surface area is 177 Å². The van der Waals surface area contributed by atoms with Gasteiger partial charge in [0.2, 0.25) is 15.9 Å². The third-order valence-corrected chi connectivity index (χ3v) is 5.92. The molecule has 0 unspecified atom stereocenters. The molecule has 3 aromatic rings. The van der Waals surface area contributed by atoms with Gasteiger partial charge in [0, 0.05) is 5.39 Å². The molecule has 0 bridgehead atoms. The predicted octanol–water partition coefficient (Wildman–Crippen LogP) is 3.42. The van der Waals surface area contributed by atoms with Gasteiger partial charge in [0.25, 0.3) is 0 Å². The van der Waals surface area contributed by atoms with E-state index in [1.165, 1.54) is 0 Å². The minimum atomic E-state index is -3.61. The van der Waals surface area contributed by atoms with E-state index in [4.69, 9.17) is 4.74 Å². The molecule has 0 saturated heterocycles. The van der Waals surface area contributed by atoms with Crippen molar-refractivity contribution in [3.8, 4) is 5.75 Å². The molecule has 7 heteroatoms. The molecule has 0 radical (unpaired) electrons. The van der Waals surface area contributed by atoms with E-state index in [9.17, 15) is 13.2 Å². The fourth-order valence-electron chi connectivity index (χ4n) is 3.42. The zero-order valence-electron chi connectivity index (χ0n) is 17.4. The summed E-state index contributed by atoms with van der Waals surface area (Å²) in [5, 5.41) is 4.83. The second-order valence-corrected chi connectivity index (χ2v) is 9.09. The maximum atomic E-state index is 12.4. The Balaban J connectivity index is 1.61. The Hall–Kier alpha value is -3.06. The smallest absolute Gasteiger partial charge is 0.240 e. The molecule has 0 aliphatic rings. The topological polar surface area (TPSA) is 75.7 Å². The fourth-order valence-corrected chi connectivity index (χ4v) is 4.39. The van der Waals surface area contributed by atoms with Crippen LogP contribution < -0.4 is 14.4 Å². The Morgan fingerprint density at radius 1 is 0.967 bits per heavy atom. The van der Waals surface area contributed by atoms with Crippen LogP contribution in [0.2, 0.25) is 0 Å². The minimum absolute atomic E-state index is 0.270. The van der Waals surface area contributed by atoms with Gasteiger partial charge >= 0.3 is 0 Å². The summed E-state index contributed by atoms with van der Waals surface area (Å²) in [6.45, 7) is 3.93. The standard InChI is InChI=1S/C23H26N2O4S/c1-17-8-6-9-18(2)23(17)25(30(3,27)28)16-22(26)24-14-15-29-21-13-7-11-19-10-4-5-12-20(19)21/h4-13H,14-16H2,1-3H3,(H,24,26). The van der Waals surface area contributed by atoms with Gasteiger partial charge < -0.3 is 10.1 Å². The molecular weight excluding hydrogens is 400 g/mol. The summed E-state index contributed by atoms with van der Waals surface area (Å²) in [4.78, 5) is 12.4. The minimum Gasteiger partial charge on any atom is -0.491 e. The number of sulfonamides is 1. The van der Waals surface area contributed by atoms with Crippen LogP contribution in [0.5, 0.6) is 5.75 Å². The van der Waals surface area contributed by atoms with Crippen LogP contribution in [0.4, 0.5) is 5.69 Å². The first kappa shape index (κ1) is 21.6. The lowest BCUT2D eigenvalue weighted by Crippen LogP contribution is -2.42. The number of anilines is 1. The van der Waals surface area contributed by atoms with Crippen LogP contribution >= 0.6 is 0 Å². The summed E-state index contributed by atoms with van der Waals surface area (Å²) in [7, 11) is -3.61. The third kappa shape index (κ3) is 5.10. The molecule has 30 heavy (non-hydrogen) atoms. The van der Waals surface area contributed by atoms with Crippen molar-refractivity contribution in [2.24, 2.45) is 0 Å². The van der Waals surface area contributed by atoms with Crippen molar-refractivity contribution in [3.05, 3.63) is 71.8 Å². The van der Waals surface area contributed by atoms with Crippen LogP contribution in [0, 0.1) is 13.8 Å². The number of aryl methyl sites for hydroxylation is 2. The molecule has 0 aromatic heterocycles. The van der Waals surface area contributed by atoms with Crippen molar-refractivity contribution in [2.75, 3.05) is 30.3 Å². The largest absolute Gasteiger partial charge is 0.491 e. The van der Waals surface area contributed by atoms with Gasteiger partial charge in [-0.3, -0.25) is 9.10 Å². The fraction of sp³-hybridized carbons (Fsp3) is 0.261. The average Bonchev–Trinajstić information content (AvgIpc) is 2.69. The SMILES string of the molecule is Cc1cccc(C)c1N(CC(=O)NCCOc1cccc2ccccc12)S(C)(=O)=O. The highest BCUT2D eigenvalue weighted by Crippen LogP contribution is 2.27. The molecule has 3 rings (SSSR count). The lowest BCUT2D eigenvalue weighted by molar-refractivity contribution is -0.119. The molecule has 6 nitrogen and oxygen atoms in total. The molecule has 0 fully saturated rings. The molecule has 0 aliphatic heterocycles. The summed E-state index contributed by atoms with van der Waals surface area (Å²) in [5.41, 5.74) is 2.14. The van der Waals surface area contributed by atoms with Gasteiger partial charge in [-0.25, -0.2) is 8.42 Å². The summed E-state index contributed by atoms with van der Waals surface area (Å²) in [6, 6.07) is 19.3. The predicted molar refractivity (Wildman–Crippen MR) is 121 cm³/mol. The number of nitrogens with one attached hydrogen (secondary N) is 1.